The highest BCUT2D eigenvalue weighted by Crippen LogP contribution is 2.36. The van der Waals surface area contributed by atoms with Crippen LogP contribution in [0.3, 0.4) is 0 Å². The van der Waals surface area contributed by atoms with E-state index in [2.05, 4.69) is 0 Å². The van der Waals surface area contributed by atoms with Gasteiger partial charge in [0.25, 0.3) is 0 Å². The zero-order valence-corrected chi connectivity index (χ0v) is 9.44. The monoisotopic (exact) mass is 240 g/mol. The molecule has 16 heavy (non-hydrogen) atoms. The Morgan fingerprint density at radius 3 is 3.00 bits per heavy atom. The summed E-state index contributed by atoms with van der Waals surface area (Å²) in [7, 11) is 0. The Morgan fingerprint density at radius 2 is 2.31 bits per heavy atom. The molecule has 1 fully saturated rings. The van der Waals surface area contributed by atoms with Crippen LogP contribution in [0.1, 0.15) is 12.8 Å². The van der Waals surface area contributed by atoms with E-state index in [4.69, 9.17) is 17.3 Å². The lowest BCUT2D eigenvalue weighted by Gasteiger charge is -2.25. The van der Waals surface area contributed by atoms with Crippen molar-refractivity contribution in [1.82, 2.24) is 0 Å². The molecule has 86 valence electrons. The van der Waals surface area contributed by atoms with E-state index in [0.29, 0.717) is 5.69 Å². The Balaban J connectivity index is 2.36. The molecule has 0 spiro atoms. The van der Waals surface area contributed by atoms with Crippen LogP contribution in [0.5, 0.6) is 5.75 Å². The van der Waals surface area contributed by atoms with Crippen LogP contribution in [0.4, 0.5) is 5.69 Å². The molecule has 0 radical (unpaired) electrons. The average Bonchev–Trinajstić information content (AvgIpc) is 2.70. The minimum absolute atomic E-state index is 0.0225. The van der Waals surface area contributed by atoms with Crippen molar-refractivity contribution in [2.45, 2.75) is 18.9 Å². The van der Waals surface area contributed by atoms with E-state index in [-0.39, 0.29) is 22.7 Å². The van der Waals surface area contributed by atoms with Crippen molar-refractivity contribution in [2.75, 3.05) is 11.4 Å². The summed E-state index contributed by atoms with van der Waals surface area (Å²) in [5.41, 5.74) is 6.00. The number of phenols is 1. The summed E-state index contributed by atoms with van der Waals surface area (Å²) in [6.45, 7) is 0.733. The van der Waals surface area contributed by atoms with E-state index in [1.165, 1.54) is 6.07 Å². The van der Waals surface area contributed by atoms with Crippen molar-refractivity contribution >= 4 is 23.2 Å². The predicted octanol–water partition coefficient (Wildman–Crippen LogP) is 1.50. The second kappa shape index (κ2) is 4.22. The summed E-state index contributed by atoms with van der Waals surface area (Å²) >= 11 is 6.00. The number of aromatic hydroxyl groups is 1. The topological polar surface area (TPSA) is 66.6 Å². The molecule has 1 aliphatic heterocycles. The highest BCUT2D eigenvalue weighted by molar-refractivity contribution is 6.34. The highest BCUT2D eigenvalue weighted by Gasteiger charge is 2.30. The standard InChI is InChI=1S/C11H13ClN2O2/c12-10-7(3-1-5-9(10)15)14-6-2-4-8(14)11(13)16/h1,3,5,8,15H,2,4,6H2,(H2,13,16)/t8-/m1/s1. The van der Waals surface area contributed by atoms with Crippen LogP contribution in [0.2, 0.25) is 5.02 Å². The molecular formula is C11H13ClN2O2. The highest BCUT2D eigenvalue weighted by atomic mass is 35.5. The first-order chi connectivity index (χ1) is 7.61. The summed E-state index contributed by atoms with van der Waals surface area (Å²) in [5, 5.41) is 9.78. The number of phenolic OH excluding ortho intramolecular Hbond substituents is 1. The molecule has 0 unspecified atom stereocenters. The maximum atomic E-state index is 11.3. The van der Waals surface area contributed by atoms with Gasteiger partial charge in [-0.15, -0.1) is 0 Å². The third-order valence-corrected chi connectivity index (χ3v) is 3.24. The fourth-order valence-corrected chi connectivity index (χ4v) is 2.32. The summed E-state index contributed by atoms with van der Waals surface area (Å²) in [6, 6.07) is 4.68. The molecule has 0 aromatic heterocycles. The van der Waals surface area contributed by atoms with Crippen LogP contribution in [0.25, 0.3) is 0 Å². The fraction of sp³-hybridized carbons (Fsp3) is 0.364. The maximum Gasteiger partial charge on any atom is 0.240 e. The molecule has 4 nitrogen and oxygen atoms in total. The van der Waals surface area contributed by atoms with Crippen molar-refractivity contribution < 1.29 is 9.90 Å². The van der Waals surface area contributed by atoms with Crippen molar-refractivity contribution in [1.29, 1.82) is 0 Å². The Morgan fingerprint density at radius 1 is 1.56 bits per heavy atom. The van der Waals surface area contributed by atoms with Gasteiger partial charge >= 0.3 is 0 Å². The van der Waals surface area contributed by atoms with Gasteiger partial charge < -0.3 is 15.7 Å². The van der Waals surface area contributed by atoms with Gasteiger partial charge in [-0.25, -0.2) is 0 Å². The molecule has 0 aliphatic carbocycles. The van der Waals surface area contributed by atoms with Crippen molar-refractivity contribution in [3.8, 4) is 5.75 Å². The minimum Gasteiger partial charge on any atom is -0.506 e. The second-order valence-corrected chi connectivity index (χ2v) is 4.24. The molecule has 3 N–H and O–H groups in total. The number of amides is 1. The predicted molar refractivity (Wildman–Crippen MR) is 62.7 cm³/mol. The van der Waals surface area contributed by atoms with E-state index in [1.807, 2.05) is 4.90 Å². The number of carbonyl (C=O) groups is 1. The number of nitrogens with two attached hydrogens (primary N) is 1. The van der Waals surface area contributed by atoms with Gasteiger partial charge in [0.15, 0.2) is 0 Å². The van der Waals surface area contributed by atoms with Gasteiger partial charge in [0.05, 0.1) is 5.69 Å². The van der Waals surface area contributed by atoms with Crippen LogP contribution in [0.15, 0.2) is 18.2 Å². The summed E-state index contributed by atoms with van der Waals surface area (Å²) in [6.07, 6.45) is 1.64. The largest absolute Gasteiger partial charge is 0.506 e. The van der Waals surface area contributed by atoms with Crippen LogP contribution in [0, 0.1) is 0 Å². The smallest absolute Gasteiger partial charge is 0.240 e. The molecular weight excluding hydrogens is 228 g/mol. The molecule has 1 heterocycles. The van der Waals surface area contributed by atoms with Crippen LogP contribution in [-0.2, 0) is 4.79 Å². The minimum atomic E-state index is -0.350. The normalized spacial score (nSPS) is 20.1. The van der Waals surface area contributed by atoms with Crippen molar-refractivity contribution in [2.24, 2.45) is 5.73 Å². The van der Waals surface area contributed by atoms with Crippen molar-refractivity contribution in [3.05, 3.63) is 23.2 Å². The van der Waals surface area contributed by atoms with Gasteiger partial charge in [0.2, 0.25) is 5.91 Å². The third-order valence-electron chi connectivity index (χ3n) is 2.85. The average molecular weight is 241 g/mol. The van der Waals surface area contributed by atoms with Gasteiger partial charge in [0.1, 0.15) is 16.8 Å². The summed E-state index contributed by atoms with van der Waals surface area (Å²) < 4.78 is 0. The van der Waals surface area contributed by atoms with E-state index in [0.717, 1.165) is 19.4 Å². The van der Waals surface area contributed by atoms with Gasteiger partial charge in [-0.3, -0.25) is 4.79 Å². The van der Waals surface area contributed by atoms with E-state index < -0.39 is 0 Å². The Bertz CT molecular complexity index is 422. The first-order valence-corrected chi connectivity index (χ1v) is 5.52. The number of halogens is 1. The van der Waals surface area contributed by atoms with Gasteiger partial charge in [-0.1, -0.05) is 17.7 Å². The zero-order valence-electron chi connectivity index (χ0n) is 8.69. The first kappa shape index (κ1) is 11.1. The van der Waals surface area contributed by atoms with Gasteiger partial charge in [0, 0.05) is 6.54 Å². The van der Waals surface area contributed by atoms with Crippen LogP contribution < -0.4 is 10.6 Å². The van der Waals surface area contributed by atoms with Crippen LogP contribution in [-0.4, -0.2) is 23.6 Å². The zero-order chi connectivity index (χ0) is 11.7. The van der Waals surface area contributed by atoms with Gasteiger partial charge in [-0.05, 0) is 25.0 Å². The Hall–Kier alpha value is -1.42. The number of primary amides is 1. The number of nitrogens with zero attached hydrogens (tertiary/aromatic N) is 1. The number of benzene rings is 1. The van der Waals surface area contributed by atoms with E-state index in [9.17, 15) is 9.90 Å². The van der Waals surface area contributed by atoms with E-state index >= 15 is 0 Å². The quantitative estimate of drug-likeness (QED) is 0.823. The number of rotatable bonds is 2. The lowest BCUT2D eigenvalue weighted by molar-refractivity contribution is -0.119. The summed E-state index contributed by atoms with van der Waals surface area (Å²) in [4.78, 5) is 13.1. The molecule has 1 aromatic carbocycles. The Labute approximate surface area is 98.6 Å². The number of anilines is 1. The molecule has 0 bridgehead atoms. The number of carbonyl (C=O) groups excluding carboxylic acids is 1. The van der Waals surface area contributed by atoms with Gasteiger partial charge in [-0.2, -0.15) is 0 Å². The molecule has 1 saturated heterocycles. The fourth-order valence-electron chi connectivity index (χ4n) is 2.08. The van der Waals surface area contributed by atoms with Crippen LogP contribution >= 0.6 is 11.6 Å². The first-order valence-electron chi connectivity index (χ1n) is 5.14. The third kappa shape index (κ3) is 1.80. The number of hydrogen-bond donors (Lipinski definition) is 2. The lowest BCUT2D eigenvalue weighted by atomic mass is 10.2. The number of hydrogen-bond acceptors (Lipinski definition) is 3. The SMILES string of the molecule is NC(=O)[C@H]1CCCN1c1cccc(O)c1Cl. The molecule has 2 rings (SSSR count). The molecule has 1 atom stereocenters. The molecule has 0 saturated carbocycles. The molecule has 1 aliphatic rings. The van der Waals surface area contributed by atoms with Crippen molar-refractivity contribution in [3.63, 3.8) is 0 Å². The maximum absolute atomic E-state index is 11.3. The lowest BCUT2D eigenvalue weighted by Crippen LogP contribution is -2.40. The Kier molecular flexibility index (Phi) is 2.92. The molecule has 1 amide bonds. The molecule has 5 heteroatoms. The van der Waals surface area contributed by atoms with E-state index in [1.54, 1.807) is 12.1 Å². The second-order valence-electron chi connectivity index (χ2n) is 3.86. The summed E-state index contributed by atoms with van der Waals surface area (Å²) in [5.74, 6) is -0.328. The molecule has 1 aromatic rings.